The molecule has 2 aliphatic rings. The molecule has 0 atom stereocenters. The number of pyridine rings is 1. The van der Waals surface area contributed by atoms with Crippen LogP contribution in [-0.4, -0.2) is 21.8 Å². The van der Waals surface area contributed by atoms with Gasteiger partial charge < -0.3 is 4.90 Å². The molecule has 1 heterocycles. The lowest BCUT2D eigenvalue weighted by atomic mass is 9.93. The molecule has 2 aromatic rings. The summed E-state index contributed by atoms with van der Waals surface area (Å²) in [6.45, 7) is 2.67. The summed E-state index contributed by atoms with van der Waals surface area (Å²) in [5, 5.41) is 1.63. The highest BCUT2D eigenvalue weighted by atomic mass is 35.5. The van der Waals surface area contributed by atoms with Gasteiger partial charge in [-0.25, -0.2) is 4.98 Å². The monoisotopic (exact) mass is 356 g/mol. The summed E-state index contributed by atoms with van der Waals surface area (Å²) in [7, 11) is 0. The fraction of sp³-hybridized carbons (Fsp3) is 0.524. The van der Waals surface area contributed by atoms with Crippen molar-refractivity contribution in [3.63, 3.8) is 0 Å². The van der Waals surface area contributed by atoms with Crippen LogP contribution in [0, 0.1) is 12.8 Å². The van der Waals surface area contributed by atoms with E-state index in [0.29, 0.717) is 23.6 Å². The van der Waals surface area contributed by atoms with E-state index >= 15 is 0 Å². The molecule has 0 radical (unpaired) electrons. The number of fused-ring (bicyclic) bond motifs is 1. The number of amides is 1. The van der Waals surface area contributed by atoms with Crippen molar-refractivity contribution in [2.75, 3.05) is 0 Å². The first-order valence-electron chi connectivity index (χ1n) is 9.48. The molecule has 25 heavy (non-hydrogen) atoms. The molecule has 4 rings (SSSR count). The maximum absolute atomic E-state index is 12.9. The molecule has 2 saturated carbocycles. The Balaban J connectivity index is 1.65. The van der Waals surface area contributed by atoms with E-state index < -0.39 is 0 Å². The molecule has 1 aromatic carbocycles. The molecule has 0 spiro atoms. The smallest absolute Gasteiger partial charge is 0.226 e. The predicted octanol–water partition coefficient (Wildman–Crippen LogP) is 5.27. The lowest BCUT2D eigenvalue weighted by Gasteiger charge is -2.35. The van der Waals surface area contributed by atoms with Gasteiger partial charge in [0.25, 0.3) is 0 Å². The van der Waals surface area contributed by atoms with Crippen LogP contribution in [0.5, 0.6) is 0 Å². The van der Waals surface area contributed by atoms with Crippen LogP contribution >= 0.6 is 11.6 Å². The Kier molecular flexibility index (Phi) is 4.68. The van der Waals surface area contributed by atoms with Crippen molar-refractivity contribution in [3.05, 3.63) is 40.5 Å². The number of halogens is 1. The zero-order valence-electron chi connectivity index (χ0n) is 14.8. The zero-order valence-corrected chi connectivity index (χ0v) is 15.6. The molecule has 1 amide bonds. The minimum absolute atomic E-state index is 0.247. The highest BCUT2D eigenvalue weighted by Crippen LogP contribution is 2.35. The quantitative estimate of drug-likeness (QED) is 0.699. The van der Waals surface area contributed by atoms with Gasteiger partial charge in [-0.1, -0.05) is 42.5 Å². The fourth-order valence-corrected chi connectivity index (χ4v) is 4.16. The minimum atomic E-state index is 0.247. The van der Waals surface area contributed by atoms with Gasteiger partial charge in [0.05, 0.1) is 5.52 Å². The van der Waals surface area contributed by atoms with Crippen LogP contribution in [0.25, 0.3) is 10.9 Å². The first kappa shape index (κ1) is 16.8. The molecule has 2 fully saturated rings. The van der Waals surface area contributed by atoms with Crippen molar-refractivity contribution in [2.24, 2.45) is 5.92 Å². The van der Waals surface area contributed by atoms with Crippen LogP contribution in [0.15, 0.2) is 24.3 Å². The van der Waals surface area contributed by atoms with Gasteiger partial charge in [-0.05, 0) is 50.8 Å². The first-order valence-corrected chi connectivity index (χ1v) is 9.86. The van der Waals surface area contributed by atoms with E-state index in [1.165, 1.54) is 24.8 Å². The van der Waals surface area contributed by atoms with Crippen molar-refractivity contribution < 1.29 is 4.79 Å². The second-order valence-corrected chi connectivity index (χ2v) is 8.02. The standard InChI is InChI=1S/C21H25ClN2O/c1-14-7-10-19-16(11-14)12-17(20(22)23-19)13-24(21(25)15-8-9-15)18-5-3-2-4-6-18/h7,10-12,15,18H,2-6,8-9,13H2,1H3. The van der Waals surface area contributed by atoms with Crippen LogP contribution in [0.3, 0.4) is 0 Å². The number of nitrogens with zero attached hydrogens (tertiary/aromatic N) is 2. The van der Waals surface area contributed by atoms with Gasteiger partial charge in [0.1, 0.15) is 5.15 Å². The highest BCUT2D eigenvalue weighted by Gasteiger charge is 2.36. The Morgan fingerprint density at radius 3 is 2.64 bits per heavy atom. The molecule has 0 saturated heterocycles. The van der Waals surface area contributed by atoms with E-state index in [-0.39, 0.29) is 5.92 Å². The summed E-state index contributed by atoms with van der Waals surface area (Å²) < 4.78 is 0. The summed E-state index contributed by atoms with van der Waals surface area (Å²) >= 11 is 6.48. The number of aromatic nitrogens is 1. The van der Waals surface area contributed by atoms with E-state index in [4.69, 9.17) is 11.6 Å². The SMILES string of the molecule is Cc1ccc2nc(Cl)c(CN(C(=O)C3CC3)C3CCCCC3)cc2c1. The Morgan fingerprint density at radius 2 is 1.92 bits per heavy atom. The Labute approximate surface area is 154 Å². The van der Waals surface area contributed by atoms with Gasteiger partial charge in [0.2, 0.25) is 5.91 Å². The summed E-state index contributed by atoms with van der Waals surface area (Å²) in [5.74, 6) is 0.573. The van der Waals surface area contributed by atoms with Crippen molar-refractivity contribution in [1.82, 2.24) is 9.88 Å². The number of hydrogen-bond donors (Lipinski definition) is 0. The molecule has 0 unspecified atom stereocenters. The molecule has 2 aliphatic carbocycles. The van der Waals surface area contributed by atoms with Crippen molar-refractivity contribution in [1.29, 1.82) is 0 Å². The summed E-state index contributed by atoms with van der Waals surface area (Å²) in [5.41, 5.74) is 3.09. The van der Waals surface area contributed by atoms with Crippen molar-refractivity contribution >= 4 is 28.4 Å². The number of carbonyl (C=O) groups excluding carboxylic acids is 1. The third-order valence-corrected chi connectivity index (χ3v) is 5.89. The lowest BCUT2D eigenvalue weighted by molar-refractivity contribution is -0.136. The fourth-order valence-electron chi connectivity index (χ4n) is 3.96. The number of carbonyl (C=O) groups is 1. The zero-order chi connectivity index (χ0) is 17.4. The molecule has 132 valence electrons. The second kappa shape index (κ2) is 6.95. The van der Waals surface area contributed by atoms with Gasteiger partial charge in [-0.15, -0.1) is 0 Å². The molecule has 1 aromatic heterocycles. The third-order valence-electron chi connectivity index (χ3n) is 5.56. The lowest BCUT2D eigenvalue weighted by Crippen LogP contribution is -2.41. The van der Waals surface area contributed by atoms with E-state index in [2.05, 4.69) is 35.0 Å². The molecule has 4 heteroatoms. The van der Waals surface area contributed by atoms with Gasteiger partial charge in [-0.3, -0.25) is 4.79 Å². The topological polar surface area (TPSA) is 33.2 Å². The van der Waals surface area contributed by atoms with Crippen LogP contribution in [-0.2, 0) is 11.3 Å². The number of aryl methyl sites for hydroxylation is 1. The third kappa shape index (κ3) is 3.67. The second-order valence-electron chi connectivity index (χ2n) is 7.67. The number of hydrogen-bond acceptors (Lipinski definition) is 2. The van der Waals surface area contributed by atoms with Gasteiger partial charge in [-0.2, -0.15) is 0 Å². The Bertz CT molecular complexity index is 794. The molecule has 0 N–H and O–H groups in total. The van der Waals surface area contributed by atoms with Crippen LogP contribution in [0.2, 0.25) is 5.15 Å². The highest BCUT2D eigenvalue weighted by molar-refractivity contribution is 6.30. The average molecular weight is 357 g/mol. The van der Waals surface area contributed by atoms with E-state index in [0.717, 1.165) is 42.1 Å². The summed E-state index contributed by atoms with van der Waals surface area (Å²) in [6.07, 6.45) is 8.08. The predicted molar refractivity (Wildman–Crippen MR) is 102 cm³/mol. The molecule has 3 nitrogen and oxygen atoms in total. The number of benzene rings is 1. The molecular formula is C21H25ClN2O. The van der Waals surface area contributed by atoms with Crippen LogP contribution in [0.1, 0.15) is 56.1 Å². The first-order chi connectivity index (χ1) is 12.1. The normalized spacial score (nSPS) is 18.5. The Morgan fingerprint density at radius 1 is 1.16 bits per heavy atom. The summed E-state index contributed by atoms with van der Waals surface area (Å²) in [6, 6.07) is 8.68. The van der Waals surface area contributed by atoms with E-state index in [1.54, 1.807) is 0 Å². The van der Waals surface area contributed by atoms with Crippen molar-refractivity contribution in [2.45, 2.75) is 64.5 Å². The molecular weight excluding hydrogens is 332 g/mol. The maximum Gasteiger partial charge on any atom is 0.226 e. The van der Waals surface area contributed by atoms with Gasteiger partial charge in [0.15, 0.2) is 0 Å². The van der Waals surface area contributed by atoms with Crippen molar-refractivity contribution in [3.8, 4) is 0 Å². The van der Waals surface area contributed by atoms with E-state index in [9.17, 15) is 4.79 Å². The maximum atomic E-state index is 12.9. The van der Waals surface area contributed by atoms with Gasteiger partial charge in [0, 0.05) is 29.5 Å². The van der Waals surface area contributed by atoms with Gasteiger partial charge >= 0.3 is 0 Å². The van der Waals surface area contributed by atoms with Crippen LogP contribution in [0.4, 0.5) is 0 Å². The molecule has 0 aliphatic heterocycles. The Hall–Kier alpha value is -1.61. The minimum Gasteiger partial charge on any atom is -0.335 e. The average Bonchev–Trinajstić information content (AvgIpc) is 3.45. The summed E-state index contributed by atoms with van der Waals surface area (Å²) in [4.78, 5) is 19.6. The largest absolute Gasteiger partial charge is 0.335 e. The van der Waals surface area contributed by atoms with Crippen LogP contribution < -0.4 is 0 Å². The molecule has 0 bridgehead atoms. The number of rotatable bonds is 4. The van der Waals surface area contributed by atoms with E-state index in [1.807, 2.05) is 6.07 Å².